The van der Waals surface area contributed by atoms with Crippen molar-refractivity contribution in [1.82, 2.24) is 5.32 Å². The first-order chi connectivity index (χ1) is 2.89. The summed E-state index contributed by atoms with van der Waals surface area (Å²) in [5.41, 5.74) is 0. The second-order valence-electron chi connectivity index (χ2n) is 2.00. The summed E-state index contributed by atoms with van der Waals surface area (Å²) in [6.07, 6.45) is 2.75. The Bertz CT molecular complexity index is 41.3. The zero-order valence-electron chi connectivity index (χ0n) is 5.20. The molecule has 1 unspecified atom stereocenters. The molecule has 0 aromatic carbocycles. The van der Waals surface area contributed by atoms with Gasteiger partial charge in [0.15, 0.2) is 0 Å². The summed E-state index contributed by atoms with van der Waals surface area (Å²) in [6, 6.07) is 0.796. The van der Waals surface area contributed by atoms with Crippen LogP contribution >= 0.6 is 0 Å². The van der Waals surface area contributed by atoms with Gasteiger partial charge in [-0.15, -0.1) is 0 Å². The molecule has 7 heavy (non-hydrogen) atoms. The molecule has 0 aromatic rings. The van der Waals surface area contributed by atoms with Crippen LogP contribution in [0.1, 0.15) is 19.8 Å². The number of hydrogen-bond acceptors (Lipinski definition) is 1. The summed E-state index contributed by atoms with van der Waals surface area (Å²) in [4.78, 5) is 0. The summed E-state index contributed by atoms with van der Waals surface area (Å²) in [5.74, 6) is 0. The van der Waals surface area contributed by atoms with Gasteiger partial charge in [0.05, 0.1) is 0 Å². The van der Waals surface area contributed by atoms with Gasteiger partial charge in [-0.05, 0) is 26.3 Å². The van der Waals surface area contributed by atoms with Gasteiger partial charge in [-0.1, -0.05) is 0 Å². The predicted octanol–water partition coefficient (Wildman–Crippen LogP) is 0.378. The molecule has 0 saturated carbocycles. The van der Waals surface area contributed by atoms with Gasteiger partial charge in [0.1, 0.15) is 0 Å². The molecule has 0 aliphatic carbocycles. The molecular weight excluding hydrogens is 97.1 g/mol. The molecule has 1 saturated heterocycles. The van der Waals surface area contributed by atoms with Crippen molar-refractivity contribution in [3.05, 3.63) is 0 Å². The van der Waals surface area contributed by atoms with E-state index in [1.54, 1.807) is 0 Å². The van der Waals surface area contributed by atoms with E-state index < -0.39 is 0 Å². The van der Waals surface area contributed by atoms with Crippen LogP contribution in [0, 0.1) is 0 Å². The van der Waals surface area contributed by atoms with Crippen molar-refractivity contribution < 1.29 is 0 Å². The second-order valence-corrected chi connectivity index (χ2v) is 2.00. The summed E-state index contributed by atoms with van der Waals surface area (Å²) in [7, 11) is 0. The minimum absolute atomic E-state index is 0. The molecule has 37 valence electrons. The maximum atomic E-state index is 3.32. The summed E-state index contributed by atoms with van der Waals surface area (Å²) >= 11 is 0. The summed E-state index contributed by atoms with van der Waals surface area (Å²) in [5, 5.41) is 3.32. The van der Waals surface area contributed by atoms with Crippen LogP contribution in [0.3, 0.4) is 0 Å². The Morgan fingerprint density at radius 3 is 2.43 bits per heavy atom. The molecule has 1 aliphatic heterocycles. The van der Waals surface area contributed by atoms with Gasteiger partial charge in [-0.25, -0.2) is 0 Å². The zero-order valence-corrected chi connectivity index (χ0v) is 7.20. The maximum absolute atomic E-state index is 3.32. The van der Waals surface area contributed by atoms with Gasteiger partial charge >= 0.3 is 0 Å². The largest absolute Gasteiger partial charge is 0.314 e. The Hall–Kier alpha value is 0.960. The molecule has 0 amide bonds. The van der Waals surface area contributed by atoms with E-state index in [0.717, 1.165) is 6.04 Å². The van der Waals surface area contributed by atoms with Crippen LogP contribution in [0.2, 0.25) is 0 Å². The van der Waals surface area contributed by atoms with Crippen LogP contribution in [-0.2, 0) is 0 Å². The Kier molecular flexibility index (Phi) is 4.44. The van der Waals surface area contributed by atoms with Gasteiger partial charge in [-0.2, -0.15) is 0 Å². The van der Waals surface area contributed by atoms with Crippen LogP contribution in [0.25, 0.3) is 0 Å². The summed E-state index contributed by atoms with van der Waals surface area (Å²) < 4.78 is 0. The number of nitrogens with one attached hydrogen (secondary N) is 1. The van der Waals surface area contributed by atoms with Crippen LogP contribution < -0.4 is 5.32 Å². The predicted molar refractivity (Wildman–Crippen MR) is 32.5 cm³/mol. The van der Waals surface area contributed by atoms with Gasteiger partial charge in [-0.3, -0.25) is 0 Å². The topological polar surface area (TPSA) is 12.0 Å². The number of rotatable bonds is 0. The average molecular weight is 108 g/mol. The molecule has 0 spiro atoms. The molecule has 1 rings (SSSR count). The minimum Gasteiger partial charge on any atom is -0.314 e. The molecule has 1 radical (unpaired) electrons. The van der Waals surface area contributed by atoms with Crippen molar-refractivity contribution in [3.63, 3.8) is 0 Å². The molecule has 1 aliphatic rings. The molecule has 0 bridgehead atoms. The van der Waals surface area contributed by atoms with Gasteiger partial charge in [0, 0.05) is 35.6 Å². The van der Waals surface area contributed by atoms with E-state index in [0.29, 0.717) is 0 Å². The Balaban J connectivity index is 0.000000360. The molecule has 1 heterocycles. The smallest absolute Gasteiger partial charge is 0.00391 e. The first-order valence-corrected chi connectivity index (χ1v) is 2.63. The number of hydrogen-bond donors (Lipinski definition) is 1. The van der Waals surface area contributed by atoms with Crippen molar-refractivity contribution in [3.8, 4) is 0 Å². The van der Waals surface area contributed by atoms with E-state index in [2.05, 4.69) is 12.2 Å². The summed E-state index contributed by atoms with van der Waals surface area (Å²) in [6.45, 7) is 3.47. The van der Waals surface area contributed by atoms with Crippen LogP contribution in [0.5, 0.6) is 0 Å². The molecule has 1 nitrogen and oxygen atoms in total. The van der Waals surface area contributed by atoms with Crippen molar-refractivity contribution >= 4 is 29.6 Å². The Morgan fingerprint density at radius 1 is 1.57 bits per heavy atom. The molecular formula is C5H11NNa. The van der Waals surface area contributed by atoms with E-state index in [-0.39, 0.29) is 29.6 Å². The van der Waals surface area contributed by atoms with Crippen LogP contribution in [0.15, 0.2) is 0 Å². The fraction of sp³-hybridized carbons (Fsp3) is 1.00. The maximum Gasteiger partial charge on any atom is 0.00391 e. The van der Waals surface area contributed by atoms with E-state index in [9.17, 15) is 0 Å². The van der Waals surface area contributed by atoms with E-state index >= 15 is 0 Å². The SMILES string of the molecule is CC1CCCN1.[Na]. The van der Waals surface area contributed by atoms with Crippen molar-refractivity contribution in [2.45, 2.75) is 25.8 Å². The quantitative estimate of drug-likeness (QED) is 0.442. The molecule has 1 N–H and O–H groups in total. The van der Waals surface area contributed by atoms with Crippen molar-refractivity contribution in [2.75, 3.05) is 6.54 Å². The standard InChI is InChI=1S/C5H11N.Na/c1-5-3-2-4-6-5;/h5-6H,2-4H2,1H3;. The molecule has 2 heteroatoms. The van der Waals surface area contributed by atoms with Crippen molar-refractivity contribution in [1.29, 1.82) is 0 Å². The van der Waals surface area contributed by atoms with Crippen molar-refractivity contribution in [2.24, 2.45) is 0 Å². The fourth-order valence-corrected chi connectivity index (χ4v) is 0.859. The third-order valence-corrected chi connectivity index (χ3v) is 1.31. The minimum atomic E-state index is 0. The molecule has 1 atom stereocenters. The van der Waals surface area contributed by atoms with Crippen LogP contribution in [-0.4, -0.2) is 42.1 Å². The third kappa shape index (κ3) is 2.70. The Morgan fingerprint density at radius 2 is 2.29 bits per heavy atom. The van der Waals surface area contributed by atoms with Gasteiger partial charge in [0.25, 0.3) is 0 Å². The normalized spacial score (nSPS) is 29.6. The first kappa shape index (κ1) is 7.96. The third-order valence-electron chi connectivity index (χ3n) is 1.31. The van der Waals surface area contributed by atoms with E-state index in [1.165, 1.54) is 19.4 Å². The monoisotopic (exact) mass is 108 g/mol. The van der Waals surface area contributed by atoms with Gasteiger partial charge in [0.2, 0.25) is 0 Å². The average Bonchev–Trinajstić information content (AvgIpc) is 1.86. The Labute approximate surface area is 67.2 Å². The second kappa shape index (κ2) is 3.90. The van der Waals surface area contributed by atoms with E-state index in [1.807, 2.05) is 0 Å². The fourth-order valence-electron chi connectivity index (χ4n) is 0.859. The van der Waals surface area contributed by atoms with Crippen LogP contribution in [0.4, 0.5) is 0 Å². The molecule has 1 fully saturated rings. The molecule has 0 aromatic heterocycles. The first-order valence-electron chi connectivity index (χ1n) is 2.63. The van der Waals surface area contributed by atoms with Gasteiger partial charge < -0.3 is 5.32 Å². The van der Waals surface area contributed by atoms with E-state index in [4.69, 9.17) is 0 Å². The zero-order chi connectivity index (χ0) is 4.41.